The van der Waals surface area contributed by atoms with Crippen molar-refractivity contribution in [1.29, 1.82) is 0 Å². The first-order valence-electron chi connectivity index (χ1n) is 7.78. The van der Waals surface area contributed by atoms with Crippen molar-refractivity contribution in [3.63, 3.8) is 0 Å². The molecule has 1 amide bonds. The lowest BCUT2D eigenvalue weighted by atomic mass is 10.2. The Bertz CT molecular complexity index is 1040. The molecule has 0 unspecified atom stereocenters. The lowest BCUT2D eigenvalue weighted by molar-refractivity contribution is -0.384. The number of nitro groups is 1. The average molecular weight is 420 g/mol. The lowest BCUT2D eigenvalue weighted by Gasteiger charge is -2.07. The molecule has 1 heterocycles. The van der Waals surface area contributed by atoms with Crippen LogP contribution in [0.4, 0.5) is 11.4 Å². The summed E-state index contributed by atoms with van der Waals surface area (Å²) in [5.74, 6) is -0.778. The molecule has 0 spiro atoms. The number of hydrogen-bond acceptors (Lipinski definition) is 5. The van der Waals surface area contributed by atoms with E-state index in [1.54, 1.807) is 6.07 Å². The van der Waals surface area contributed by atoms with Gasteiger partial charge in [0.1, 0.15) is 0 Å². The minimum Gasteiger partial charge on any atom is -0.407 e. The number of non-ortho nitro benzene ring substituents is 1. The summed E-state index contributed by atoms with van der Waals surface area (Å²) >= 11 is 3.36. The number of carbonyl (C=O) groups is 1. The molecule has 0 atom stereocenters. The summed E-state index contributed by atoms with van der Waals surface area (Å²) in [6.45, 7) is 0.271. The van der Waals surface area contributed by atoms with Crippen molar-refractivity contribution in [1.82, 2.24) is 4.57 Å². The highest BCUT2D eigenvalue weighted by Crippen LogP contribution is 2.22. The van der Waals surface area contributed by atoms with Crippen molar-refractivity contribution in [3.8, 4) is 0 Å². The summed E-state index contributed by atoms with van der Waals surface area (Å²) < 4.78 is 7.21. The largest absolute Gasteiger partial charge is 0.419 e. The van der Waals surface area contributed by atoms with Gasteiger partial charge < -0.3 is 9.73 Å². The van der Waals surface area contributed by atoms with Gasteiger partial charge in [0.15, 0.2) is 5.58 Å². The molecule has 1 N–H and O–H groups in total. The van der Waals surface area contributed by atoms with E-state index in [0.717, 1.165) is 4.47 Å². The monoisotopic (exact) mass is 419 g/mol. The average Bonchev–Trinajstić information content (AvgIpc) is 2.91. The highest BCUT2D eigenvalue weighted by atomic mass is 79.9. The van der Waals surface area contributed by atoms with E-state index in [4.69, 9.17) is 4.42 Å². The van der Waals surface area contributed by atoms with Crippen molar-refractivity contribution >= 4 is 44.3 Å². The molecule has 9 heteroatoms. The third-order valence-corrected chi connectivity index (χ3v) is 4.49. The van der Waals surface area contributed by atoms with Crippen LogP contribution < -0.4 is 11.1 Å². The van der Waals surface area contributed by atoms with Crippen LogP contribution in [0.1, 0.15) is 12.8 Å². The molecule has 26 heavy (non-hydrogen) atoms. The van der Waals surface area contributed by atoms with Crippen LogP contribution in [0.2, 0.25) is 0 Å². The number of amides is 1. The third kappa shape index (κ3) is 3.83. The van der Waals surface area contributed by atoms with Gasteiger partial charge in [-0.1, -0.05) is 12.1 Å². The Kier molecular flexibility index (Phi) is 5.17. The van der Waals surface area contributed by atoms with Gasteiger partial charge in [0.2, 0.25) is 5.91 Å². The van der Waals surface area contributed by atoms with E-state index in [-0.39, 0.29) is 30.1 Å². The molecule has 0 fully saturated rings. The van der Waals surface area contributed by atoms with Crippen LogP contribution in [0.25, 0.3) is 11.1 Å². The summed E-state index contributed by atoms with van der Waals surface area (Å²) in [4.78, 5) is 34.2. The predicted octanol–water partition coefficient (Wildman–Crippen LogP) is 3.68. The van der Waals surface area contributed by atoms with Gasteiger partial charge in [-0.05, 0) is 40.5 Å². The van der Waals surface area contributed by atoms with Gasteiger partial charge in [-0.25, -0.2) is 4.79 Å². The van der Waals surface area contributed by atoms with Crippen LogP contribution in [0.15, 0.2) is 56.1 Å². The van der Waals surface area contributed by atoms with Gasteiger partial charge in [0.25, 0.3) is 5.69 Å². The molecule has 0 aliphatic rings. The van der Waals surface area contributed by atoms with Gasteiger partial charge >= 0.3 is 5.76 Å². The Morgan fingerprint density at radius 1 is 1.27 bits per heavy atom. The van der Waals surface area contributed by atoms with Crippen molar-refractivity contribution < 1.29 is 14.1 Å². The second kappa shape index (κ2) is 7.52. The van der Waals surface area contributed by atoms with Gasteiger partial charge in [0.05, 0.1) is 22.2 Å². The third-order valence-electron chi connectivity index (χ3n) is 3.80. The zero-order valence-corrected chi connectivity index (χ0v) is 15.1. The first-order chi connectivity index (χ1) is 12.5. The highest BCUT2D eigenvalue weighted by Gasteiger charge is 2.14. The molecule has 134 valence electrons. The maximum atomic E-state index is 12.0. The second-order valence-corrected chi connectivity index (χ2v) is 6.41. The summed E-state index contributed by atoms with van der Waals surface area (Å²) in [6.07, 6.45) is 0.634. The molecule has 8 nitrogen and oxygen atoms in total. The maximum Gasteiger partial charge on any atom is 0.419 e. The van der Waals surface area contributed by atoms with Gasteiger partial charge in [-0.3, -0.25) is 19.5 Å². The van der Waals surface area contributed by atoms with E-state index in [1.807, 2.05) is 18.2 Å². The smallest absolute Gasteiger partial charge is 0.407 e. The Morgan fingerprint density at radius 2 is 2.04 bits per heavy atom. The first kappa shape index (κ1) is 17.9. The first-order valence-corrected chi connectivity index (χ1v) is 8.57. The topological polar surface area (TPSA) is 107 Å². The van der Waals surface area contributed by atoms with Crippen LogP contribution in [-0.2, 0) is 11.3 Å². The zero-order valence-electron chi connectivity index (χ0n) is 13.5. The van der Waals surface area contributed by atoms with E-state index in [0.29, 0.717) is 17.6 Å². The van der Waals surface area contributed by atoms with Crippen LogP contribution in [-0.4, -0.2) is 15.4 Å². The van der Waals surface area contributed by atoms with E-state index >= 15 is 0 Å². The fraction of sp³-hybridized carbons (Fsp3) is 0.176. The van der Waals surface area contributed by atoms with E-state index in [2.05, 4.69) is 21.2 Å². The SMILES string of the molecule is O=C(CCCn1c(=O)oc2cc([N+](=O)[O-])ccc21)Nc1ccccc1Br. The van der Waals surface area contributed by atoms with Crippen LogP contribution >= 0.6 is 15.9 Å². The molecule has 0 bridgehead atoms. The molecule has 0 saturated carbocycles. The predicted molar refractivity (Wildman–Crippen MR) is 99.1 cm³/mol. The number of carbonyl (C=O) groups excluding carboxylic acids is 1. The lowest BCUT2D eigenvalue weighted by Crippen LogP contribution is -2.17. The second-order valence-electron chi connectivity index (χ2n) is 5.56. The Morgan fingerprint density at radius 3 is 2.77 bits per heavy atom. The molecule has 0 saturated heterocycles. The maximum absolute atomic E-state index is 12.0. The number of oxazole rings is 1. The normalized spacial score (nSPS) is 10.8. The Balaban J connectivity index is 1.65. The number of halogens is 1. The van der Waals surface area contributed by atoms with Gasteiger partial charge in [-0.2, -0.15) is 0 Å². The minimum absolute atomic E-state index is 0.147. The van der Waals surface area contributed by atoms with Crippen molar-refractivity contribution in [2.75, 3.05) is 5.32 Å². The number of aromatic nitrogens is 1. The number of benzene rings is 2. The summed E-state index contributed by atoms with van der Waals surface area (Å²) in [7, 11) is 0. The molecule has 0 aliphatic carbocycles. The number of aryl methyl sites for hydroxylation is 1. The van der Waals surface area contributed by atoms with Crippen LogP contribution in [0, 0.1) is 10.1 Å². The molecule has 3 rings (SSSR count). The van der Waals surface area contributed by atoms with Crippen molar-refractivity contribution in [2.24, 2.45) is 0 Å². The Hall–Kier alpha value is -2.94. The molecule has 0 radical (unpaired) electrons. The van der Waals surface area contributed by atoms with Crippen molar-refractivity contribution in [2.45, 2.75) is 19.4 Å². The van der Waals surface area contributed by atoms with Gasteiger partial charge in [0, 0.05) is 23.5 Å². The standard InChI is InChI=1S/C17H14BrN3O5/c18-12-4-1-2-5-13(12)19-16(22)6-3-9-20-14-8-7-11(21(24)25)10-15(14)26-17(20)23/h1-2,4-5,7-8,10H,3,6,9H2,(H,19,22). The van der Waals surface area contributed by atoms with Crippen LogP contribution in [0.5, 0.6) is 0 Å². The number of anilines is 1. The number of nitrogens with zero attached hydrogens (tertiary/aromatic N) is 2. The number of fused-ring (bicyclic) bond motifs is 1. The van der Waals surface area contributed by atoms with Gasteiger partial charge in [-0.15, -0.1) is 0 Å². The fourth-order valence-electron chi connectivity index (χ4n) is 2.55. The summed E-state index contributed by atoms with van der Waals surface area (Å²) in [5.41, 5.74) is 1.15. The molecule has 0 aliphatic heterocycles. The van der Waals surface area contributed by atoms with Crippen LogP contribution in [0.3, 0.4) is 0 Å². The number of hydrogen-bond donors (Lipinski definition) is 1. The zero-order chi connectivity index (χ0) is 18.7. The Labute approximate surface area is 155 Å². The number of para-hydroxylation sites is 1. The molecular weight excluding hydrogens is 406 g/mol. The minimum atomic E-state index is -0.605. The van der Waals surface area contributed by atoms with E-state index in [9.17, 15) is 19.7 Å². The molecular formula is C17H14BrN3O5. The molecule has 1 aromatic heterocycles. The quantitative estimate of drug-likeness (QED) is 0.484. The highest BCUT2D eigenvalue weighted by molar-refractivity contribution is 9.10. The molecule has 2 aromatic carbocycles. The number of nitrogens with one attached hydrogen (secondary N) is 1. The summed E-state index contributed by atoms with van der Waals surface area (Å²) in [5, 5.41) is 13.6. The summed E-state index contributed by atoms with van der Waals surface area (Å²) in [6, 6.07) is 11.3. The van der Waals surface area contributed by atoms with Crippen molar-refractivity contribution in [3.05, 3.63) is 67.6 Å². The fourth-order valence-corrected chi connectivity index (χ4v) is 2.94. The van der Waals surface area contributed by atoms with E-state index < -0.39 is 10.7 Å². The van der Waals surface area contributed by atoms with E-state index in [1.165, 1.54) is 22.8 Å². The number of rotatable bonds is 6. The number of nitro benzene ring substituents is 1. The molecule has 3 aromatic rings.